The lowest BCUT2D eigenvalue weighted by Gasteiger charge is -2.33. The largest absolute Gasteiger partial charge is 0.481 e. The van der Waals surface area contributed by atoms with E-state index in [0.717, 1.165) is 6.42 Å². The number of rotatable bonds is 3. The average molecular weight is 262 g/mol. The Hall–Kier alpha value is -1.93. The minimum Gasteiger partial charge on any atom is -0.481 e. The second kappa shape index (κ2) is 5.81. The normalized spacial score (nSPS) is 21.6. The van der Waals surface area contributed by atoms with E-state index in [4.69, 9.17) is 5.11 Å². The van der Waals surface area contributed by atoms with Crippen molar-refractivity contribution in [3.63, 3.8) is 0 Å². The van der Waals surface area contributed by atoms with Gasteiger partial charge in [0.05, 0.1) is 12.0 Å². The van der Waals surface area contributed by atoms with Crippen molar-refractivity contribution in [2.24, 2.45) is 5.92 Å². The van der Waals surface area contributed by atoms with E-state index < -0.39 is 17.9 Å². The summed E-state index contributed by atoms with van der Waals surface area (Å²) in [6.07, 6.45) is 1.41. The van der Waals surface area contributed by atoms with Gasteiger partial charge in [0.25, 0.3) is 0 Å². The zero-order valence-electron chi connectivity index (χ0n) is 10.4. The summed E-state index contributed by atoms with van der Waals surface area (Å²) < 4.78 is 12.9. The molecule has 1 aliphatic heterocycles. The van der Waals surface area contributed by atoms with Crippen LogP contribution >= 0.6 is 0 Å². The fourth-order valence-electron chi connectivity index (χ4n) is 2.45. The molecule has 100 valence electrons. The van der Waals surface area contributed by atoms with Crippen LogP contribution in [0.1, 0.15) is 24.4 Å². The van der Waals surface area contributed by atoms with Crippen molar-refractivity contribution in [2.45, 2.75) is 18.9 Å². The number of benzene rings is 1. The van der Waals surface area contributed by atoms with Gasteiger partial charge >= 0.3 is 5.97 Å². The van der Waals surface area contributed by atoms with Crippen molar-refractivity contribution in [3.05, 3.63) is 35.6 Å². The van der Waals surface area contributed by atoms with Gasteiger partial charge in [0.15, 0.2) is 0 Å². The van der Waals surface area contributed by atoms with Crippen LogP contribution in [0.3, 0.4) is 0 Å². The topological polar surface area (TPSA) is 64.3 Å². The fraction of sp³-hybridized carbons (Fsp3) is 0.429. The number of piperidine rings is 1. The van der Waals surface area contributed by atoms with Gasteiger partial charge in [-0.25, -0.2) is 4.39 Å². The number of nitrogens with zero attached hydrogens (tertiary/aromatic N) is 2. The predicted molar refractivity (Wildman–Crippen MR) is 66.7 cm³/mol. The van der Waals surface area contributed by atoms with E-state index in [-0.39, 0.29) is 5.82 Å². The second-order valence-electron chi connectivity index (χ2n) is 4.76. The highest BCUT2D eigenvalue weighted by Crippen LogP contribution is 2.26. The summed E-state index contributed by atoms with van der Waals surface area (Å²) in [5, 5.41) is 18.4. The van der Waals surface area contributed by atoms with Crippen LogP contribution in [0.4, 0.5) is 4.39 Å². The third kappa shape index (κ3) is 3.09. The van der Waals surface area contributed by atoms with Gasteiger partial charge in [-0.15, -0.1) is 0 Å². The monoisotopic (exact) mass is 262 g/mol. The molecule has 1 saturated heterocycles. The SMILES string of the molecule is N#CC(c1ccc(F)cc1)N1CCCC(C(=O)O)C1. The summed E-state index contributed by atoms with van der Waals surface area (Å²) in [4.78, 5) is 12.9. The lowest BCUT2D eigenvalue weighted by molar-refractivity contribution is -0.143. The highest BCUT2D eigenvalue weighted by molar-refractivity contribution is 5.70. The van der Waals surface area contributed by atoms with Crippen LogP contribution in [0.2, 0.25) is 0 Å². The molecule has 2 rings (SSSR count). The molecule has 0 bridgehead atoms. The molecular weight excluding hydrogens is 247 g/mol. The lowest BCUT2D eigenvalue weighted by Crippen LogP contribution is -2.40. The number of hydrogen-bond acceptors (Lipinski definition) is 3. The molecule has 1 aromatic carbocycles. The van der Waals surface area contributed by atoms with Gasteiger partial charge in [-0.1, -0.05) is 12.1 Å². The summed E-state index contributed by atoms with van der Waals surface area (Å²) in [5.41, 5.74) is 0.704. The maximum atomic E-state index is 12.9. The zero-order valence-corrected chi connectivity index (χ0v) is 10.4. The van der Waals surface area contributed by atoms with Crippen LogP contribution in [-0.2, 0) is 4.79 Å². The molecule has 2 atom stereocenters. The molecule has 1 aromatic rings. The summed E-state index contributed by atoms with van der Waals surface area (Å²) >= 11 is 0. The first-order valence-electron chi connectivity index (χ1n) is 6.23. The minimum atomic E-state index is -0.819. The molecule has 0 aromatic heterocycles. The average Bonchev–Trinajstić information content (AvgIpc) is 2.42. The van der Waals surface area contributed by atoms with Crippen LogP contribution in [0.25, 0.3) is 0 Å². The maximum Gasteiger partial charge on any atom is 0.307 e. The van der Waals surface area contributed by atoms with Crippen molar-refractivity contribution in [3.8, 4) is 6.07 Å². The van der Waals surface area contributed by atoms with Crippen LogP contribution in [0, 0.1) is 23.1 Å². The first-order valence-corrected chi connectivity index (χ1v) is 6.23. The summed E-state index contributed by atoms with van der Waals surface area (Å²) in [6.45, 7) is 1.06. The van der Waals surface area contributed by atoms with Gasteiger partial charge < -0.3 is 5.11 Å². The molecule has 19 heavy (non-hydrogen) atoms. The maximum absolute atomic E-state index is 12.9. The van der Waals surface area contributed by atoms with E-state index >= 15 is 0 Å². The Bertz CT molecular complexity index is 495. The Labute approximate surface area is 111 Å². The molecular formula is C14H15FN2O2. The Morgan fingerprint density at radius 1 is 1.47 bits per heavy atom. The lowest BCUT2D eigenvalue weighted by atomic mass is 9.95. The third-order valence-electron chi connectivity index (χ3n) is 3.48. The molecule has 1 fully saturated rings. The highest BCUT2D eigenvalue weighted by atomic mass is 19.1. The van der Waals surface area contributed by atoms with Crippen LogP contribution in [-0.4, -0.2) is 29.1 Å². The molecule has 0 spiro atoms. The number of carbonyl (C=O) groups is 1. The quantitative estimate of drug-likeness (QED) is 0.906. The molecule has 0 radical (unpaired) electrons. The number of likely N-dealkylation sites (tertiary alicyclic amines) is 1. The number of hydrogen-bond donors (Lipinski definition) is 1. The number of carboxylic acids is 1. The molecule has 1 N–H and O–H groups in total. The van der Waals surface area contributed by atoms with Crippen LogP contribution < -0.4 is 0 Å². The van der Waals surface area contributed by atoms with E-state index in [2.05, 4.69) is 6.07 Å². The smallest absolute Gasteiger partial charge is 0.307 e. The van der Waals surface area contributed by atoms with Gasteiger partial charge in [-0.3, -0.25) is 9.69 Å². The van der Waals surface area contributed by atoms with Crippen molar-refractivity contribution in [2.75, 3.05) is 13.1 Å². The number of carboxylic acid groups (broad SMARTS) is 1. The third-order valence-corrected chi connectivity index (χ3v) is 3.48. The van der Waals surface area contributed by atoms with Crippen molar-refractivity contribution in [1.29, 1.82) is 5.26 Å². The van der Waals surface area contributed by atoms with Gasteiger partial charge in [-0.2, -0.15) is 5.26 Å². The predicted octanol–water partition coefficient (Wildman–Crippen LogP) is 2.19. The van der Waals surface area contributed by atoms with Crippen molar-refractivity contribution in [1.82, 2.24) is 4.90 Å². The van der Waals surface area contributed by atoms with E-state index in [1.165, 1.54) is 12.1 Å². The number of halogens is 1. The van der Waals surface area contributed by atoms with Gasteiger partial charge in [0.2, 0.25) is 0 Å². The van der Waals surface area contributed by atoms with Gasteiger partial charge in [0, 0.05) is 6.54 Å². The summed E-state index contributed by atoms with van der Waals surface area (Å²) in [6, 6.07) is 7.46. The zero-order chi connectivity index (χ0) is 13.8. The molecule has 0 amide bonds. The fourth-order valence-corrected chi connectivity index (χ4v) is 2.45. The van der Waals surface area contributed by atoms with E-state index in [1.54, 1.807) is 12.1 Å². The number of nitriles is 1. The van der Waals surface area contributed by atoms with Gasteiger partial charge in [-0.05, 0) is 37.1 Å². The Kier molecular flexibility index (Phi) is 4.13. The van der Waals surface area contributed by atoms with Crippen molar-refractivity contribution >= 4 is 5.97 Å². The van der Waals surface area contributed by atoms with Crippen molar-refractivity contribution < 1.29 is 14.3 Å². The molecule has 1 heterocycles. The van der Waals surface area contributed by atoms with E-state index in [1.807, 2.05) is 4.90 Å². The Morgan fingerprint density at radius 2 is 2.16 bits per heavy atom. The molecule has 5 heteroatoms. The molecule has 1 aliphatic rings. The molecule has 2 unspecified atom stereocenters. The first-order chi connectivity index (χ1) is 9.11. The van der Waals surface area contributed by atoms with Crippen LogP contribution in [0.5, 0.6) is 0 Å². The number of aliphatic carboxylic acids is 1. The Balaban J connectivity index is 2.15. The van der Waals surface area contributed by atoms with E-state index in [9.17, 15) is 14.4 Å². The summed E-state index contributed by atoms with van der Waals surface area (Å²) in [7, 11) is 0. The van der Waals surface area contributed by atoms with E-state index in [0.29, 0.717) is 25.1 Å². The molecule has 0 saturated carbocycles. The highest BCUT2D eigenvalue weighted by Gasteiger charge is 2.30. The van der Waals surface area contributed by atoms with Gasteiger partial charge in [0.1, 0.15) is 11.9 Å². The molecule has 0 aliphatic carbocycles. The second-order valence-corrected chi connectivity index (χ2v) is 4.76. The standard InChI is InChI=1S/C14H15FN2O2/c15-12-5-3-10(4-6-12)13(8-16)17-7-1-2-11(9-17)14(18)19/h3-6,11,13H,1-2,7,9H2,(H,18,19). The Morgan fingerprint density at radius 3 is 2.74 bits per heavy atom. The first kappa shape index (κ1) is 13.5. The minimum absolute atomic E-state index is 0.345. The summed E-state index contributed by atoms with van der Waals surface area (Å²) in [5.74, 6) is -1.59. The van der Waals surface area contributed by atoms with Crippen LogP contribution in [0.15, 0.2) is 24.3 Å². The molecule has 4 nitrogen and oxygen atoms in total.